The normalized spacial score (nSPS) is 12.2. The number of aliphatic carboxylic acids is 1. The van der Waals surface area contributed by atoms with Crippen LogP contribution >= 0.6 is 0 Å². The van der Waals surface area contributed by atoms with E-state index in [1.165, 1.54) is 4.90 Å². The Kier molecular flexibility index (Phi) is 9.80. The molecule has 0 bridgehead atoms. The SMILES string of the molecule is CCN(CC)CCCC(C)NC(=O)N(C)CCC(=O)O. The van der Waals surface area contributed by atoms with Crippen molar-refractivity contribution in [2.24, 2.45) is 0 Å². The third-order valence-corrected chi connectivity index (χ3v) is 3.38. The lowest BCUT2D eigenvalue weighted by atomic mass is 10.2. The molecule has 20 heavy (non-hydrogen) atoms. The summed E-state index contributed by atoms with van der Waals surface area (Å²) in [6, 6.07) is -0.105. The molecule has 118 valence electrons. The van der Waals surface area contributed by atoms with Crippen molar-refractivity contribution in [1.82, 2.24) is 15.1 Å². The van der Waals surface area contributed by atoms with Crippen LogP contribution in [-0.4, -0.2) is 66.2 Å². The van der Waals surface area contributed by atoms with Gasteiger partial charge in [-0.05, 0) is 39.4 Å². The van der Waals surface area contributed by atoms with Gasteiger partial charge < -0.3 is 20.2 Å². The first-order chi connectivity index (χ1) is 9.40. The maximum absolute atomic E-state index is 11.8. The number of nitrogens with zero attached hydrogens (tertiary/aromatic N) is 2. The summed E-state index contributed by atoms with van der Waals surface area (Å²) in [5.41, 5.74) is 0. The first kappa shape index (κ1) is 18.7. The van der Waals surface area contributed by atoms with Crippen LogP contribution in [0.25, 0.3) is 0 Å². The number of hydrogen-bond acceptors (Lipinski definition) is 3. The van der Waals surface area contributed by atoms with Gasteiger partial charge in [-0.1, -0.05) is 13.8 Å². The van der Waals surface area contributed by atoms with Crippen molar-refractivity contribution in [3.63, 3.8) is 0 Å². The third-order valence-electron chi connectivity index (χ3n) is 3.38. The molecule has 1 atom stereocenters. The average Bonchev–Trinajstić information content (AvgIpc) is 2.40. The summed E-state index contributed by atoms with van der Waals surface area (Å²) in [5.74, 6) is -0.892. The molecule has 1 unspecified atom stereocenters. The molecular formula is C14H29N3O3. The first-order valence-corrected chi connectivity index (χ1v) is 7.36. The van der Waals surface area contributed by atoms with Crippen molar-refractivity contribution in [3.8, 4) is 0 Å². The lowest BCUT2D eigenvalue weighted by Gasteiger charge is -2.22. The van der Waals surface area contributed by atoms with Crippen LogP contribution in [0.5, 0.6) is 0 Å². The van der Waals surface area contributed by atoms with Crippen LogP contribution in [-0.2, 0) is 4.79 Å². The number of nitrogens with one attached hydrogen (secondary N) is 1. The van der Waals surface area contributed by atoms with Crippen LogP contribution in [0.1, 0.15) is 40.0 Å². The van der Waals surface area contributed by atoms with Gasteiger partial charge in [-0.3, -0.25) is 4.79 Å². The second-order valence-corrected chi connectivity index (χ2v) is 5.08. The van der Waals surface area contributed by atoms with Crippen molar-refractivity contribution in [2.75, 3.05) is 33.2 Å². The largest absolute Gasteiger partial charge is 0.481 e. The Morgan fingerprint density at radius 3 is 2.30 bits per heavy atom. The summed E-state index contributed by atoms with van der Waals surface area (Å²) in [5, 5.41) is 11.5. The monoisotopic (exact) mass is 287 g/mol. The quantitative estimate of drug-likeness (QED) is 0.640. The summed E-state index contributed by atoms with van der Waals surface area (Å²) in [4.78, 5) is 26.0. The maximum atomic E-state index is 11.8. The van der Waals surface area contributed by atoms with E-state index in [4.69, 9.17) is 5.11 Å². The summed E-state index contributed by atoms with van der Waals surface area (Å²) in [6.45, 7) is 9.64. The highest BCUT2D eigenvalue weighted by Crippen LogP contribution is 2.00. The van der Waals surface area contributed by atoms with Crippen molar-refractivity contribution in [3.05, 3.63) is 0 Å². The van der Waals surface area contributed by atoms with E-state index in [9.17, 15) is 9.59 Å². The fourth-order valence-electron chi connectivity index (χ4n) is 1.92. The molecule has 0 heterocycles. The molecule has 0 aliphatic carbocycles. The molecule has 0 rings (SSSR count). The average molecular weight is 287 g/mol. The molecule has 0 spiro atoms. The standard InChI is InChI=1S/C14H29N3O3/c1-5-17(6-2)10-7-8-12(3)15-14(20)16(4)11-9-13(18)19/h12H,5-11H2,1-4H3,(H,15,20)(H,18,19). The Balaban J connectivity index is 3.86. The molecule has 0 aliphatic heterocycles. The molecule has 0 aliphatic rings. The fraction of sp³-hybridized carbons (Fsp3) is 0.857. The van der Waals surface area contributed by atoms with Crippen LogP contribution in [0.3, 0.4) is 0 Å². The molecule has 6 nitrogen and oxygen atoms in total. The van der Waals surface area contributed by atoms with Gasteiger partial charge in [0.1, 0.15) is 0 Å². The van der Waals surface area contributed by atoms with Crippen molar-refractivity contribution < 1.29 is 14.7 Å². The molecule has 0 aromatic heterocycles. The highest BCUT2D eigenvalue weighted by Gasteiger charge is 2.13. The van der Waals surface area contributed by atoms with E-state index in [0.29, 0.717) is 0 Å². The molecule has 0 radical (unpaired) electrons. The Labute approximate surface area is 122 Å². The van der Waals surface area contributed by atoms with Gasteiger partial charge in [-0.2, -0.15) is 0 Å². The van der Waals surface area contributed by atoms with Gasteiger partial charge >= 0.3 is 12.0 Å². The molecule has 6 heteroatoms. The zero-order valence-electron chi connectivity index (χ0n) is 13.2. The predicted octanol–water partition coefficient (Wildman–Crippen LogP) is 1.61. The first-order valence-electron chi connectivity index (χ1n) is 7.36. The van der Waals surface area contributed by atoms with Crippen LogP contribution in [0, 0.1) is 0 Å². The summed E-state index contributed by atoms with van der Waals surface area (Å²) in [7, 11) is 1.61. The number of amides is 2. The van der Waals surface area contributed by atoms with Crippen LogP contribution in [0.4, 0.5) is 4.79 Å². The number of urea groups is 1. The van der Waals surface area contributed by atoms with Crippen LogP contribution in [0.15, 0.2) is 0 Å². The molecule has 2 N–H and O–H groups in total. The summed E-state index contributed by atoms with van der Waals surface area (Å²) in [6.07, 6.45) is 1.94. The van der Waals surface area contributed by atoms with Crippen LogP contribution < -0.4 is 5.32 Å². The Bertz CT molecular complexity index is 293. The number of hydrogen-bond donors (Lipinski definition) is 2. The van der Waals surface area contributed by atoms with Crippen molar-refractivity contribution >= 4 is 12.0 Å². The molecule has 0 saturated carbocycles. The molecule has 0 saturated heterocycles. The smallest absolute Gasteiger partial charge is 0.317 e. The van der Waals surface area contributed by atoms with Gasteiger partial charge in [0.2, 0.25) is 0 Å². The van der Waals surface area contributed by atoms with E-state index in [2.05, 4.69) is 24.1 Å². The van der Waals surface area contributed by atoms with Crippen molar-refractivity contribution in [1.29, 1.82) is 0 Å². The fourth-order valence-corrected chi connectivity index (χ4v) is 1.92. The topological polar surface area (TPSA) is 72.9 Å². The van der Waals surface area contributed by atoms with Crippen molar-refractivity contribution in [2.45, 2.75) is 46.1 Å². The number of carboxylic acid groups (broad SMARTS) is 1. The Morgan fingerprint density at radius 2 is 1.80 bits per heavy atom. The zero-order valence-corrected chi connectivity index (χ0v) is 13.2. The zero-order chi connectivity index (χ0) is 15.5. The minimum atomic E-state index is -0.892. The molecule has 2 amide bonds. The molecular weight excluding hydrogens is 258 g/mol. The van der Waals surface area contributed by atoms with E-state index < -0.39 is 5.97 Å². The molecule has 0 aromatic carbocycles. The number of carboxylic acids is 1. The highest BCUT2D eigenvalue weighted by atomic mass is 16.4. The van der Waals surface area contributed by atoms with Gasteiger partial charge in [0, 0.05) is 19.6 Å². The maximum Gasteiger partial charge on any atom is 0.317 e. The van der Waals surface area contributed by atoms with Gasteiger partial charge in [0.15, 0.2) is 0 Å². The van der Waals surface area contributed by atoms with E-state index >= 15 is 0 Å². The Hall–Kier alpha value is -1.30. The van der Waals surface area contributed by atoms with Crippen LogP contribution in [0.2, 0.25) is 0 Å². The second kappa shape index (κ2) is 10.5. The number of carbonyl (C=O) groups is 2. The Morgan fingerprint density at radius 1 is 1.20 bits per heavy atom. The van der Waals surface area contributed by atoms with Gasteiger partial charge in [-0.25, -0.2) is 4.79 Å². The van der Waals surface area contributed by atoms with E-state index in [0.717, 1.165) is 32.5 Å². The lowest BCUT2D eigenvalue weighted by molar-refractivity contribution is -0.137. The third kappa shape index (κ3) is 8.74. The number of rotatable bonds is 10. The van der Waals surface area contributed by atoms with Gasteiger partial charge in [0.05, 0.1) is 6.42 Å². The number of carbonyl (C=O) groups excluding carboxylic acids is 1. The highest BCUT2D eigenvalue weighted by molar-refractivity contribution is 5.75. The minimum absolute atomic E-state index is 0.0275. The van der Waals surface area contributed by atoms with Gasteiger partial charge in [-0.15, -0.1) is 0 Å². The second-order valence-electron chi connectivity index (χ2n) is 5.08. The van der Waals surface area contributed by atoms with Gasteiger partial charge in [0.25, 0.3) is 0 Å². The van der Waals surface area contributed by atoms with E-state index in [1.54, 1.807) is 7.05 Å². The molecule has 0 aromatic rings. The van der Waals surface area contributed by atoms with E-state index in [1.807, 2.05) is 6.92 Å². The summed E-state index contributed by atoms with van der Waals surface area (Å²) < 4.78 is 0. The molecule has 0 fully saturated rings. The summed E-state index contributed by atoms with van der Waals surface area (Å²) >= 11 is 0. The minimum Gasteiger partial charge on any atom is -0.481 e. The predicted molar refractivity (Wildman–Crippen MR) is 79.9 cm³/mol. The van der Waals surface area contributed by atoms with E-state index in [-0.39, 0.29) is 25.0 Å². The lowest BCUT2D eigenvalue weighted by Crippen LogP contribution is -2.42.